The molecule has 0 aliphatic heterocycles. The van der Waals surface area contributed by atoms with Crippen molar-refractivity contribution in [2.75, 3.05) is 0 Å². The number of phenols is 1. The Bertz CT molecular complexity index is 1570. The molecule has 0 aliphatic carbocycles. The van der Waals surface area contributed by atoms with Crippen LogP contribution in [0.3, 0.4) is 0 Å². The average molecular weight is 515 g/mol. The predicted molar refractivity (Wildman–Crippen MR) is 113 cm³/mol. The monoisotopic (exact) mass is 514 g/mol. The molecule has 0 saturated carbocycles. The van der Waals surface area contributed by atoms with Crippen LogP contribution in [-0.4, -0.2) is 44.0 Å². The molecule has 12 nitrogen and oxygen atoms in total. The Morgan fingerprint density at radius 2 is 1.88 bits per heavy atom. The lowest BCUT2D eigenvalue weighted by atomic mass is 10.2. The highest BCUT2D eigenvalue weighted by Gasteiger charge is 2.26. The maximum atomic E-state index is 12.5. The highest BCUT2D eigenvalue weighted by Crippen LogP contribution is 2.38. The third-order valence-electron chi connectivity index (χ3n) is 4.26. The van der Waals surface area contributed by atoms with Crippen LogP contribution in [-0.2, 0) is 21.3 Å². The Morgan fingerprint density at radius 1 is 1.21 bits per heavy atom. The Morgan fingerprint density at radius 3 is 2.52 bits per heavy atom. The van der Waals surface area contributed by atoms with Crippen molar-refractivity contribution in [2.45, 2.75) is 11.3 Å². The summed E-state index contributed by atoms with van der Waals surface area (Å²) in [6, 6.07) is 4.57. The first kappa shape index (κ1) is 22.6. The van der Waals surface area contributed by atoms with Gasteiger partial charge in [0, 0.05) is 28.6 Å². The first-order valence-electron chi connectivity index (χ1n) is 8.68. The van der Waals surface area contributed by atoms with Gasteiger partial charge in [-0.15, -0.1) is 16.1 Å². The molecule has 4 rings (SSSR count). The number of halogens is 1. The van der Waals surface area contributed by atoms with Crippen molar-refractivity contribution in [3.05, 3.63) is 50.8 Å². The van der Waals surface area contributed by atoms with Crippen LogP contribution in [0, 0.1) is 0 Å². The van der Waals surface area contributed by atoms with Gasteiger partial charge >= 0.3 is 21.7 Å². The molecule has 1 aromatic carbocycles. The summed E-state index contributed by atoms with van der Waals surface area (Å²) in [6.07, 6.45) is 0.966. The zero-order valence-corrected chi connectivity index (χ0v) is 18.3. The van der Waals surface area contributed by atoms with Crippen molar-refractivity contribution in [1.82, 2.24) is 9.71 Å². The van der Waals surface area contributed by atoms with Gasteiger partial charge in [-0.3, -0.25) is 4.55 Å². The highest BCUT2D eigenvalue weighted by molar-refractivity contribution is 7.86. The van der Waals surface area contributed by atoms with Crippen molar-refractivity contribution in [2.24, 2.45) is 0 Å². The molecule has 0 atom stereocenters. The van der Waals surface area contributed by atoms with E-state index in [0.717, 1.165) is 29.5 Å². The first-order chi connectivity index (χ1) is 15.5. The summed E-state index contributed by atoms with van der Waals surface area (Å²) in [5.41, 5.74) is -1.73. The number of phenolic OH excluding ortho intramolecular Hbond substituents is 1. The summed E-state index contributed by atoms with van der Waals surface area (Å²) in [4.78, 5) is 32.8. The average Bonchev–Trinajstić information content (AvgIpc) is 3.29. The number of hydrogen-bond donors (Lipinski definition) is 4. The Hall–Kier alpha value is -3.59. The molecule has 0 amide bonds. The van der Waals surface area contributed by atoms with Crippen LogP contribution in [0.15, 0.2) is 44.6 Å². The lowest BCUT2D eigenvalue weighted by Crippen LogP contribution is -2.20. The molecule has 0 unspecified atom stereocenters. The molecule has 33 heavy (non-hydrogen) atoms. The summed E-state index contributed by atoms with van der Waals surface area (Å²) in [6.45, 7) is 0. The molecule has 4 N–H and O–H groups in total. The van der Waals surface area contributed by atoms with Crippen molar-refractivity contribution in [1.29, 1.82) is 0 Å². The number of aromatic nitrogens is 2. The van der Waals surface area contributed by atoms with Gasteiger partial charge in [-0.05, 0) is 12.1 Å². The minimum Gasteiger partial charge on any atom is -0.505 e. The largest absolute Gasteiger partial charge is 0.505 e. The van der Waals surface area contributed by atoms with Crippen LogP contribution in [0.2, 0.25) is 5.02 Å². The highest BCUT2D eigenvalue weighted by atomic mass is 35.5. The van der Waals surface area contributed by atoms with Gasteiger partial charge in [-0.25, -0.2) is 14.6 Å². The normalized spacial score (nSPS) is 11.7. The third-order valence-corrected chi connectivity index (χ3v) is 6.47. The van der Waals surface area contributed by atoms with Crippen LogP contribution in [0.5, 0.6) is 17.5 Å². The van der Waals surface area contributed by atoms with Crippen molar-refractivity contribution >= 4 is 50.0 Å². The van der Waals surface area contributed by atoms with Gasteiger partial charge in [-0.2, -0.15) is 8.42 Å². The van der Waals surface area contributed by atoms with Crippen molar-refractivity contribution < 1.29 is 42.3 Å². The number of rotatable bonds is 5. The topological polar surface area (TPSA) is 189 Å². The fraction of sp³-hybridized carbons (Fsp3) is 0.0556. The SMILES string of the molecule is O=C(Cc1cnc(-c2cc3cc(Cl)c(O)c(S(=O)(=O)O)c3oc2=O)s1)On1c(O)ccc1O. The molecular formula is C18H11ClN2O10S2. The van der Waals surface area contributed by atoms with E-state index in [1.807, 2.05) is 0 Å². The first-order valence-corrected chi connectivity index (χ1v) is 11.3. The molecule has 0 radical (unpaired) electrons. The molecule has 0 saturated heterocycles. The smallest absolute Gasteiger partial charge is 0.346 e. The Balaban J connectivity index is 1.68. The van der Waals surface area contributed by atoms with E-state index in [4.69, 9.17) is 20.9 Å². The fourth-order valence-corrected chi connectivity index (χ4v) is 4.78. The molecular weight excluding hydrogens is 504 g/mol. The van der Waals surface area contributed by atoms with E-state index in [1.54, 1.807) is 0 Å². The molecule has 3 aromatic heterocycles. The second-order valence-electron chi connectivity index (χ2n) is 6.49. The Labute approximate surface area is 192 Å². The molecule has 3 heterocycles. The van der Waals surface area contributed by atoms with Gasteiger partial charge in [0.1, 0.15) is 5.01 Å². The lowest BCUT2D eigenvalue weighted by Gasteiger charge is -2.07. The van der Waals surface area contributed by atoms with E-state index in [1.165, 1.54) is 12.3 Å². The van der Waals surface area contributed by atoms with Crippen molar-refractivity contribution in [3.63, 3.8) is 0 Å². The maximum Gasteiger partial charge on any atom is 0.346 e. The summed E-state index contributed by atoms with van der Waals surface area (Å²) >= 11 is 6.75. The summed E-state index contributed by atoms with van der Waals surface area (Å²) < 4.78 is 38.2. The quantitative estimate of drug-likeness (QED) is 0.225. The lowest BCUT2D eigenvalue weighted by molar-refractivity contribution is -0.144. The van der Waals surface area contributed by atoms with Gasteiger partial charge < -0.3 is 24.6 Å². The molecule has 172 valence electrons. The zero-order chi connectivity index (χ0) is 24.1. The zero-order valence-electron chi connectivity index (χ0n) is 15.9. The molecule has 0 spiro atoms. The van der Waals surface area contributed by atoms with E-state index < -0.39 is 54.7 Å². The number of hydrogen-bond acceptors (Lipinski definition) is 11. The molecule has 0 aliphatic rings. The number of nitrogens with zero attached hydrogens (tertiary/aromatic N) is 2. The summed E-state index contributed by atoms with van der Waals surface area (Å²) in [5, 5.41) is 28.6. The third kappa shape index (κ3) is 4.23. The van der Waals surface area contributed by atoms with Gasteiger partial charge in [0.05, 0.1) is 17.0 Å². The Kier molecular flexibility index (Phi) is 5.53. The van der Waals surface area contributed by atoms with Crippen LogP contribution in [0.25, 0.3) is 21.5 Å². The van der Waals surface area contributed by atoms with E-state index in [0.29, 0.717) is 9.61 Å². The minimum absolute atomic E-state index is 0.0188. The summed E-state index contributed by atoms with van der Waals surface area (Å²) in [5.74, 6) is -2.81. The van der Waals surface area contributed by atoms with Gasteiger partial charge in [0.25, 0.3) is 0 Å². The molecule has 15 heteroatoms. The molecule has 0 bridgehead atoms. The fourth-order valence-electron chi connectivity index (χ4n) is 2.87. The van der Waals surface area contributed by atoms with Gasteiger partial charge in [0.15, 0.2) is 16.2 Å². The van der Waals surface area contributed by atoms with Crippen LogP contribution >= 0.6 is 22.9 Å². The molecule has 4 aromatic rings. The van der Waals surface area contributed by atoms with E-state index in [9.17, 15) is 37.9 Å². The van der Waals surface area contributed by atoms with Crippen LogP contribution in [0.1, 0.15) is 4.88 Å². The van der Waals surface area contributed by atoms with Crippen molar-refractivity contribution in [3.8, 4) is 28.1 Å². The van der Waals surface area contributed by atoms with Gasteiger partial charge in [0.2, 0.25) is 11.8 Å². The second kappa shape index (κ2) is 8.08. The van der Waals surface area contributed by atoms with Crippen LogP contribution in [0.4, 0.5) is 0 Å². The number of carbonyl (C=O) groups excluding carboxylic acids is 1. The number of benzene rings is 1. The van der Waals surface area contributed by atoms with Gasteiger partial charge in [-0.1, -0.05) is 11.6 Å². The number of thiazole rings is 1. The number of fused-ring (bicyclic) bond motifs is 1. The summed E-state index contributed by atoms with van der Waals surface area (Å²) in [7, 11) is -4.98. The number of carbonyl (C=O) groups is 1. The standard InChI is InChI=1S/C18H11ClN2O10S2/c19-10-4-7-3-9(18(26)30-15(7)16(14(10)25)33(27,28)29)17-20-6-8(32-17)5-13(24)31-21-11(22)1-2-12(21)23/h1-4,6,22-23,25H,5H2,(H,27,28,29). The predicted octanol–water partition coefficient (Wildman–Crippen LogP) is 1.93. The van der Waals surface area contributed by atoms with E-state index in [-0.39, 0.29) is 22.4 Å². The van der Waals surface area contributed by atoms with E-state index in [2.05, 4.69) is 4.98 Å². The minimum atomic E-state index is -4.98. The van der Waals surface area contributed by atoms with Crippen LogP contribution < -0.4 is 10.5 Å². The second-order valence-corrected chi connectivity index (χ2v) is 9.37. The maximum absolute atomic E-state index is 12.5. The molecule has 0 fully saturated rings. The van der Waals surface area contributed by atoms with E-state index >= 15 is 0 Å². The number of aromatic hydroxyl groups is 3.